The number of likely N-dealkylation sites (N-methyl/N-ethyl adjacent to an activating group) is 1. The number of rotatable bonds is 7. The first-order chi connectivity index (χ1) is 9.36. The lowest BCUT2D eigenvalue weighted by Gasteiger charge is -2.32. The molecule has 0 heterocycles. The Bertz CT molecular complexity index is 416. The fourth-order valence-corrected chi connectivity index (χ4v) is 1.85. The number of ether oxygens (including phenoxy) is 1. The molecule has 0 saturated heterocycles. The van der Waals surface area contributed by atoms with Gasteiger partial charge in [-0.05, 0) is 33.5 Å². The van der Waals surface area contributed by atoms with E-state index in [1.54, 1.807) is 7.11 Å². The van der Waals surface area contributed by atoms with Gasteiger partial charge in [-0.15, -0.1) is 0 Å². The summed E-state index contributed by atoms with van der Waals surface area (Å²) in [6.45, 7) is 5.75. The Kier molecular flexibility index (Phi) is 6.17. The first-order valence-corrected chi connectivity index (χ1v) is 6.90. The number of carbonyl (C=O) groups excluding carboxylic acids is 1. The minimum Gasteiger partial charge on any atom is -0.369 e. The third kappa shape index (κ3) is 4.94. The second-order valence-electron chi connectivity index (χ2n) is 5.73. The van der Waals surface area contributed by atoms with E-state index in [4.69, 9.17) is 4.74 Å². The molecular weight excluding hydrogens is 252 g/mol. The van der Waals surface area contributed by atoms with Gasteiger partial charge in [0.2, 0.25) is 0 Å². The van der Waals surface area contributed by atoms with Gasteiger partial charge in [0.25, 0.3) is 5.91 Å². The van der Waals surface area contributed by atoms with Crippen molar-refractivity contribution in [1.82, 2.24) is 9.80 Å². The largest absolute Gasteiger partial charge is 0.369 e. The molecule has 0 aliphatic heterocycles. The zero-order chi connectivity index (χ0) is 15.2. The molecule has 0 aliphatic rings. The van der Waals surface area contributed by atoms with Crippen molar-refractivity contribution in [2.45, 2.75) is 26.0 Å². The molecule has 0 bridgehead atoms. The normalized spacial score (nSPS) is 11.7. The molecule has 0 aliphatic carbocycles. The molecular formula is C16H26N2O2. The Hall–Kier alpha value is -1.39. The highest BCUT2D eigenvalue weighted by atomic mass is 16.5. The van der Waals surface area contributed by atoms with Crippen LogP contribution in [0.3, 0.4) is 0 Å². The van der Waals surface area contributed by atoms with Crippen LogP contribution in [-0.4, -0.2) is 55.6 Å². The summed E-state index contributed by atoms with van der Waals surface area (Å²) in [6.07, 6.45) is 0. The van der Waals surface area contributed by atoms with Gasteiger partial charge in [0.05, 0.1) is 0 Å². The molecule has 0 fully saturated rings. The molecule has 4 heteroatoms. The highest BCUT2D eigenvalue weighted by Crippen LogP contribution is 2.15. The SMILES string of the molecule is COC(C)(C)C(=O)N(CCN(C)C)Cc1ccccc1. The van der Waals surface area contributed by atoms with E-state index < -0.39 is 5.60 Å². The predicted octanol–water partition coefficient (Wildman–Crippen LogP) is 2.00. The van der Waals surface area contributed by atoms with Crippen LogP contribution >= 0.6 is 0 Å². The molecule has 20 heavy (non-hydrogen) atoms. The van der Waals surface area contributed by atoms with Crippen molar-refractivity contribution in [3.8, 4) is 0 Å². The first kappa shape index (κ1) is 16.7. The van der Waals surface area contributed by atoms with Crippen molar-refractivity contribution in [3.63, 3.8) is 0 Å². The molecule has 0 unspecified atom stereocenters. The molecule has 1 amide bonds. The highest BCUT2D eigenvalue weighted by molar-refractivity contribution is 5.84. The van der Waals surface area contributed by atoms with E-state index >= 15 is 0 Å². The maximum absolute atomic E-state index is 12.6. The van der Waals surface area contributed by atoms with Crippen LogP contribution in [-0.2, 0) is 16.1 Å². The summed E-state index contributed by atoms with van der Waals surface area (Å²) in [7, 11) is 5.59. The van der Waals surface area contributed by atoms with Crippen molar-refractivity contribution >= 4 is 5.91 Å². The lowest BCUT2D eigenvalue weighted by atomic mass is 10.1. The van der Waals surface area contributed by atoms with Gasteiger partial charge < -0.3 is 14.5 Å². The maximum atomic E-state index is 12.6. The molecule has 0 aromatic heterocycles. The van der Waals surface area contributed by atoms with E-state index in [9.17, 15) is 4.79 Å². The average molecular weight is 278 g/mol. The average Bonchev–Trinajstić information content (AvgIpc) is 2.43. The van der Waals surface area contributed by atoms with Crippen LogP contribution in [0.15, 0.2) is 30.3 Å². The fourth-order valence-electron chi connectivity index (χ4n) is 1.85. The summed E-state index contributed by atoms with van der Waals surface area (Å²) >= 11 is 0. The van der Waals surface area contributed by atoms with Gasteiger partial charge in [-0.25, -0.2) is 0 Å². The Balaban J connectivity index is 2.82. The standard InChI is InChI=1S/C16H26N2O2/c1-16(2,20-5)15(19)18(12-11-17(3)4)13-14-9-7-6-8-10-14/h6-10H,11-13H2,1-5H3. The lowest BCUT2D eigenvalue weighted by molar-refractivity contribution is -0.151. The van der Waals surface area contributed by atoms with Crippen LogP contribution in [0.5, 0.6) is 0 Å². The zero-order valence-corrected chi connectivity index (χ0v) is 13.2. The van der Waals surface area contributed by atoms with Crippen molar-refractivity contribution < 1.29 is 9.53 Å². The van der Waals surface area contributed by atoms with Gasteiger partial charge in [0, 0.05) is 26.7 Å². The fraction of sp³-hybridized carbons (Fsp3) is 0.562. The van der Waals surface area contributed by atoms with E-state index in [-0.39, 0.29) is 5.91 Å². The van der Waals surface area contributed by atoms with E-state index in [0.29, 0.717) is 13.1 Å². The number of amides is 1. The minimum absolute atomic E-state index is 0.0192. The van der Waals surface area contributed by atoms with Gasteiger partial charge in [-0.1, -0.05) is 30.3 Å². The number of hydrogen-bond donors (Lipinski definition) is 0. The van der Waals surface area contributed by atoms with Crippen LogP contribution in [0, 0.1) is 0 Å². The smallest absolute Gasteiger partial charge is 0.254 e. The number of nitrogens with zero attached hydrogens (tertiary/aromatic N) is 2. The molecule has 0 N–H and O–H groups in total. The van der Waals surface area contributed by atoms with Crippen LogP contribution in [0.4, 0.5) is 0 Å². The van der Waals surface area contributed by atoms with Crippen LogP contribution in [0.2, 0.25) is 0 Å². The predicted molar refractivity (Wildman–Crippen MR) is 81.5 cm³/mol. The minimum atomic E-state index is -0.791. The molecule has 112 valence electrons. The summed E-state index contributed by atoms with van der Waals surface area (Å²) in [5.41, 5.74) is 0.340. The van der Waals surface area contributed by atoms with Crippen LogP contribution in [0.1, 0.15) is 19.4 Å². The van der Waals surface area contributed by atoms with E-state index in [2.05, 4.69) is 4.90 Å². The molecule has 0 spiro atoms. The number of carbonyl (C=O) groups is 1. The monoisotopic (exact) mass is 278 g/mol. The third-order valence-corrected chi connectivity index (χ3v) is 3.35. The number of benzene rings is 1. The van der Waals surface area contributed by atoms with E-state index in [0.717, 1.165) is 12.1 Å². The van der Waals surface area contributed by atoms with Crippen molar-refractivity contribution in [2.24, 2.45) is 0 Å². The molecule has 0 radical (unpaired) electrons. The summed E-state index contributed by atoms with van der Waals surface area (Å²) in [5, 5.41) is 0. The summed E-state index contributed by atoms with van der Waals surface area (Å²) < 4.78 is 5.32. The molecule has 0 atom stereocenters. The molecule has 0 saturated carbocycles. The van der Waals surface area contributed by atoms with Gasteiger partial charge in [-0.3, -0.25) is 4.79 Å². The molecule has 1 aromatic rings. The Labute approximate surface area is 122 Å². The molecule has 1 aromatic carbocycles. The van der Waals surface area contributed by atoms with Crippen molar-refractivity contribution in [2.75, 3.05) is 34.3 Å². The third-order valence-electron chi connectivity index (χ3n) is 3.35. The maximum Gasteiger partial charge on any atom is 0.254 e. The van der Waals surface area contributed by atoms with Gasteiger partial charge in [-0.2, -0.15) is 0 Å². The van der Waals surface area contributed by atoms with E-state index in [1.165, 1.54) is 0 Å². The lowest BCUT2D eigenvalue weighted by Crippen LogP contribution is -2.48. The van der Waals surface area contributed by atoms with Gasteiger partial charge >= 0.3 is 0 Å². The van der Waals surface area contributed by atoms with E-state index in [1.807, 2.05) is 63.2 Å². The summed E-state index contributed by atoms with van der Waals surface area (Å²) in [5.74, 6) is 0.0192. The Morgan fingerprint density at radius 1 is 1.15 bits per heavy atom. The van der Waals surface area contributed by atoms with Crippen molar-refractivity contribution in [1.29, 1.82) is 0 Å². The van der Waals surface area contributed by atoms with Gasteiger partial charge in [0.15, 0.2) is 0 Å². The summed E-state index contributed by atoms with van der Waals surface area (Å²) in [4.78, 5) is 16.5. The zero-order valence-electron chi connectivity index (χ0n) is 13.2. The number of hydrogen-bond acceptors (Lipinski definition) is 3. The molecule has 1 rings (SSSR count). The Morgan fingerprint density at radius 3 is 2.25 bits per heavy atom. The first-order valence-electron chi connectivity index (χ1n) is 6.90. The second kappa shape index (κ2) is 7.41. The second-order valence-corrected chi connectivity index (χ2v) is 5.73. The number of methoxy groups -OCH3 is 1. The van der Waals surface area contributed by atoms with Gasteiger partial charge in [0.1, 0.15) is 5.60 Å². The summed E-state index contributed by atoms with van der Waals surface area (Å²) in [6, 6.07) is 10.0. The van der Waals surface area contributed by atoms with Crippen molar-refractivity contribution in [3.05, 3.63) is 35.9 Å². The van der Waals surface area contributed by atoms with Crippen LogP contribution in [0.25, 0.3) is 0 Å². The topological polar surface area (TPSA) is 32.8 Å². The van der Waals surface area contributed by atoms with Crippen LogP contribution < -0.4 is 0 Å². The Morgan fingerprint density at radius 2 is 1.75 bits per heavy atom. The quantitative estimate of drug-likeness (QED) is 0.765. The highest BCUT2D eigenvalue weighted by Gasteiger charge is 2.31. The molecule has 4 nitrogen and oxygen atoms in total.